The van der Waals surface area contributed by atoms with Crippen LogP contribution in [-0.4, -0.2) is 40.2 Å². The molecule has 6 heteroatoms. The molecule has 12 heavy (non-hydrogen) atoms. The van der Waals surface area contributed by atoms with Crippen molar-refractivity contribution in [1.82, 2.24) is 5.43 Å². The second kappa shape index (κ2) is 5.47. The average molecular weight is 196 g/mol. The highest BCUT2D eigenvalue weighted by Crippen LogP contribution is 1.95. The molecular formula is C6H16N2O3S. The highest BCUT2D eigenvalue weighted by atomic mass is 32.2. The number of sulfone groups is 1. The van der Waals surface area contributed by atoms with Crippen molar-refractivity contribution < 1.29 is 13.2 Å². The Morgan fingerprint density at radius 3 is 2.50 bits per heavy atom. The zero-order valence-corrected chi connectivity index (χ0v) is 8.23. The van der Waals surface area contributed by atoms with E-state index in [0.29, 0.717) is 13.0 Å². The molecule has 0 bridgehead atoms. The first-order chi connectivity index (χ1) is 5.49. The Morgan fingerprint density at radius 2 is 2.17 bits per heavy atom. The van der Waals surface area contributed by atoms with Gasteiger partial charge in [-0.25, -0.2) is 8.42 Å². The molecule has 0 aromatic heterocycles. The molecular weight excluding hydrogens is 180 g/mol. The predicted molar refractivity (Wildman–Crippen MR) is 47.3 cm³/mol. The van der Waals surface area contributed by atoms with Gasteiger partial charge in [0.05, 0.1) is 12.4 Å². The molecule has 5 nitrogen and oxygen atoms in total. The molecule has 0 amide bonds. The van der Waals surface area contributed by atoms with Gasteiger partial charge in [-0.3, -0.25) is 11.3 Å². The lowest BCUT2D eigenvalue weighted by Gasteiger charge is -2.13. The highest BCUT2D eigenvalue weighted by molar-refractivity contribution is 7.90. The Balaban J connectivity index is 3.73. The summed E-state index contributed by atoms with van der Waals surface area (Å²) in [6, 6.07) is -0.0928. The number of nitrogens with one attached hydrogen (secondary N) is 1. The summed E-state index contributed by atoms with van der Waals surface area (Å²) >= 11 is 0. The zero-order valence-electron chi connectivity index (χ0n) is 7.41. The Labute approximate surface area is 73.2 Å². The summed E-state index contributed by atoms with van der Waals surface area (Å²) in [5.74, 6) is 5.29. The van der Waals surface area contributed by atoms with E-state index < -0.39 is 9.84 Å². The lowest BCUT2D eigenvalue weighted by molar-refractivity contribution is 0.165. The molecule has 0 aromatic rings. The standard InChI is InChI=1S/C6H16N2O3S/c1-11-5-6(8-7)3-4-12(2,9)10/h6,8H,3-5,7H2,1-2H3. The van der Waals surface area contributed by atoms with Crippen LogP contribution in [0.25, 0.3) is 0 Å². The highest BCUT2D eigenvalue weighted by Gasteiger charge is 2.09. The van der Waals surface area contributed by atoms with Crippen LogP contribution in [0.3, 0.4) is 0 Å². The van der Waals surface area contributed by atoms with E-state index >= 15 is 0 Å². The van der Waals surface area contributed by atoms with E-state index in [0.717, 1.165) is 0 Å². The van der Waals surface area contributed by atoms with Crippen molar-refractivity contribution in [3.63, 3.8) is 0 Å². The summed E-state index contributed by atoms with van der Waals surface area (Å²) in [7, 11) is -1.35. The summed E-state index contributed by atoms with van der Waals surface area (Å²) in [5.41, 5.74) is 2.49. The molecule has 0 radical (unpaired) electrons. The minimum atomic E-state index is -2.90. The molecule has 0 spiro atoms. The van der Waals surface area contributed by atoms with Crippen molar-refractivity contribution in [3.8, 4) is 0 Å². The third-order valence-corrected chi connectivity index (χ3v) is 2.42. The Kier molecular flexibility index (Phi) is 5.39. The largest absolute Gasteiger partial charge is 0.383 e. The molecule has 0 aliphatic heterocycles. The molecule has 0 saturated heterocycles. The first kappa shape index (κ1) is 11.8. The van der Waals surface area contributed by atoms with Gasteiger partial charge in [-0.1, -0.05) is 0 Å². The first-order valence-electron chi connectivity index (χ1n) is 3.62. The molecule has 0 rings (SSSR count). The topological polar surface area (TPSA) is 81.4 Å². The number of hydrogen-bond acceptors (Lipinski definition) is 5. The molecule has 0 aliphatic rings. The number of nitrogens with two attached hydrogens (primary N) is 1. The monoisotopic (exact) mass is 196 g/mol. The van der Waals surface area contributed by atoms with Crippen molar-refractivity contribution in [3.05, 3.63) is 0 Å². The van der Waals surface area contributed by atoms with Crippen LogP contribution in [0.1, 0.15) is 6.42 Å². The first-order valence-corrected chi connectivity index (χ1v) is 5.68. The van der Waals surface area contributed by atoms with Crippen LogP contribution in [0.2, 0.25) is 0 Å². The van der Waals surface area contributed by atoms with E-state index in [1.165, 1.54) is 6.26 Å². The second-order valence-electron chi connectivity index (χ2n) is 2.74. The van der Waals surface area contributed by atoms with Crippen molar-refractivity contribution in [2.45, 2.75) is 12.5 Å². The van der Waals surface area contributed by atoms with Crippen molar-refractivity contribution in [2.75, 3.05) is 25.7 Å². The number of rotatable bonds is 6. The van der Waals surface area contributed by atoms with Crippen LogP contribution in [0.4, 0.5) is 0 Å². The summed E-state index contributed by atoms with van der Waals surface area (Å²) < 4.78 is 26.3. The number of hydrogen-bond donors (Lipinski definition) is 2. The van der Waals surface area contributed by atoms with Gasteiger partial charge in [-0.2, -0.15) is 0 Å². The molecule has 0 saturated carbocycles. The Hall–Kier alpha value is -0.170. The predicted octanol–water partition coefficient (Wildman–Crippen LogP) is -1.10. The quantitative estimate of drug-likeness (QED) is 0.416. The summed E-state index contributed by atoms with van der Waals surface area (Å²) in [4.78, 5) is 0. The Morgan fingerprint density at radius 1 is 1.58 bits per heavy atom. The van der Waals surface area contributed by atoms with Crippen LogP contribution in [0.15, 0.2) is 0 Å². The van der Waals surface area contributed by atoms with Gasteiger partial charge in [0.1, 0.15) is 9.84 Å². The lowest BCUT2D eigenvalue weighted by atomic mass is 10.2. The lowest BCUT2D eigenvalue weighted by Crippen LogP contribution is -2.39. The van der Waals surface area contributed by atoms with E-state index in [-0.39, 0.29) is 11.8 Å². The molecule has 0 heterocycles. The maximum atomic E-state index is 10.7. The van der Waals surface area contributed by atoms with Gasteiger partial charge in [0.2, 0.25) is 0 Å². The molecule has 1 atom stereocenters. The minimum absolute atomic E-state index is 0.0928. The van der Waals surface area contributed by atoms with E-state index in [4.69, 9.17) is 10.6 Å². The van der Waals surface area contributed by atoms with Crippen LogP contribution >= 0.6 is 0 Å². The van der Waals surface area contributed by atoms with Gasteiger partial charge in [-0.15, -0.1) is 0 Å². The molecule has 3 N–H and O–H groups in total. The molecule has 0 fully saturated rings. The van der Waals surface area contributed by atoms with Gasteiger partial charge in [0.25, 0.3) is 0 Å². The van der Waals surface area contributed by atoms with Crippen LogP contribution in [0.5, 0.6) is 0 Å². The maximum Gasteiger partial charge on any atom is 0.147 e. The summed E-state index contributed by atoms with van der Waals surface area (Å²) in [6.45, 7) is 0.423. The molecule has 0 aliphatic carbocycles. The van der Waals surface area contributed by atoms with Gasteiger partial charge in [0.15, 0.2) is 0 Å². The minimum Gasteiger partial charge on any atom is -0.383 e. The van der Waals surface area contributed by atoms with Gasteiger partial charge >= 0.3 is 0 Å². The van der Waals surface area contributed by atoms with Crippen molar-refractivity contribution in [2.24, 2.45) is 5.84 Å². The Bertz CT molecular complexity index is 203. The smallest absolute Gasteiger partial charge is 0.147 e. The van der Waals surface area contributed by atoms with Gasteiger partial charge < -0.3 is 4.74 Å². The van der Waals surface area contributed by atoms with Crippen LogP contribution < -0.4 is 11.3 Å². The normalized spacial score (nSPS) is 14.6. The number of hydrazine groups is 1. The maximum absolute atomic E-state index is 10.7. The molecule has 0 aromatic carbocycles. The van der Waals surface area contributed by atoms with Crippen LogP contribution in [0, 0.1) is 0 Å². The zero-order chi connectivity index (χ0) is 9.61. The third kappa shape index (κ3) is 6.53. The fourth-order valence-corrected chi connectivity index (χ4v) is 1.48. The van der Waals surface area contributed by atoms with Crippen molar-refractivity contribution in [1.29, 1.82) is 0 Å². The third-order valence-electron chi connectivity index (χ3n) is 1.44. The second-order valence-corrected chi connectivity index (χ2v) is 5.00. The van der Waals surface area contributed by atoms with Gasteiger partial charge in [-0.05, 0) is 6.42 Å². The van der Waals surface area contributed by atoms with Crippen LogP contribution in [-0.2, 0) is 14.6 Å². The molecule has 1 unspecified atom stereocenters. The number of ether oxygens (including phenoxy) is 1. The van der Waals surface area contributed by atoms with Crippen molar-refractivity contribution >= 4 is 9.84 Å². The fraction of sp³-hybridized carbons (Fsp3) is 1.00. The van der Waals surface area contributed by atoms with E-state index in [1.807, 2.05) is 0 Å². The SMILES string of the molecule is COCC(CCS(C)(=O)=O)NN. The molecule has 74 valence electrons. The van der Waals surface area contributed by atoms with E-state index in [2.05, 4.69) is 5.43 Å². The fourth-order valence-electron chi connectivity index (χ4n) is 0.772. The summed E-state index contributed by atoms with van der Waals surface area (Å²) in [5, 5.41) is 0. The average Bonchev–Trinajstić information content (AvgIpc) is 1.96. The van der Waals surface area contributed by atoms with Gasteiger partial charge in [0, 0.05) is 19.4 Å². The van der Waals surface area contributed by atoms with E-state index in [9.17, 15) is 8.42 Å². The summed E-state index contributed by atoms with van der Waals surface area (Å²) in [6.07, 6.45) is 1.68. The van der Waals surface area contributed by atoms with E-state index in [1.54, 1.807) is 7.11 Å². The number of methoxy groups -OCH3 is 1.